The highest BCUT2D eigenvalue weighted by molar-refractivity contribution is 5.91. The van der Waals surface area contributed by atoms with Crippen molar-refractivity contribution in [3.63, 3.8) is 0 Å². The fourth-order valence-corrected chi connectivity index (χ4v) is 2.27. The lowest BCUT2D eigenvalue weighted by Gasteiger charge is -2.22. The van der Waals surface area contributed by atoms with Gasteiger partial charge in [0.15, 0.2) is 0 Å². The number of rotatable bonds is 3. The Balaban J connectivity index is 2.39. The van der Waals surface area contributed by atoms with Crippen molar-refractivity contribution in [1.82, 2.24) is 5.32 Å². The Morgan fingerprint density at radius 2 is 2.26 bits per heavy atom. The molecule has 2 rings (SSSR count). The Morgan fingerprint density at radius 1 is 1.47 bits per heavy atom. The highest BCUT2D eigenvalue weighted by atomic mass is 16.5. The quantitative estimate of drug-likeness (QED) is 0.668. The van der Waals surface area contributed by atoms with Gasteiger partial charge in [-0.1, -0.05) is 0 Å². The lowest BCUT2D eigenvalue weighted by molar-refractivity contribution is -0.137. The number of hydrogen-bond acceptors (Lipinski definition) is 4. The third-order valence-electron chi connectivity index (χ3n) is 3.17. The van der Waals surface area contributed by atoms with Gasteiger partial charge in [-0.25, -0.2) is 4.79 Å². The third kappa shape index (κ3) is 2.89. The number of aryl methyl sites for hydroxylation is 1. The second-order valence-electron chi connectivity index (χ2n) is 4.47. The zero-order chi connectivity index (χ0) is 13.8. The van der Waals surface area contributed by atoms with Gasteiger partial charge in [-0.05, 0) is 43.5 Å². The molecule has 1 aliphatic heterocycles. The largest absolute Gasteiger partial charge is 0.496 e. The first-order chi connectivity index (χ1) is 9.15. The van der Waals surface area contributed by atoms with Crippen LogP contribution in [0.25, 0.3) is 5.70 Å². The Bertz CT molecular complexity index is 520. The van der Waals surface area contributed by atoms with Gasteiger partial charge < -0.3 is 14.8 Å². The molecule has 1 N–H and O–H groups in total. The number of nitrogens with one attached hydrogen (secondary N) is 1. The summed E-state index contributed by atoms with van der Waals surface area (Å²) < 4.78 is 10.3. The average molecular weight is 261 g/mol. The molecule has 0 radical (unpaired) electrons. The minimum Gasteiger partial charge on any atom is -0.496 e. The van der Waals surface area contributed by atoms with Gasteiger partial charge in [-0.15, -0.1) is 0 Å². The smallest absolute Gasteiger partial charge is 0.332 e. The van der Waals surface area contributed by atoms with E-state index in [-0.39, 0.29) is 5.97 Å². The van der Waals surface area contributed by atoms with E-state index in [0.29, 0.717) is 6.61 Å². The molecule has 0 aliphatic carbocycles. The predicted molar refractivity (Wildman–Crippen MR) is 74.0 cm³/mol. The molecule has 4 heteroatoms. The molecule has 0 atom stereocenters. The molecule has 1 aromatic carbocycles. The first-order valence-electron chi connectivity index (χ1n) is 6.46. The maximum atomic E-state index is 11.6. The summed E-state index contributed by atoms with van der Waals surface area (Å²) in [5.74, 6) is 0.572. The highest BCUT2D eigenvalue weighted by Gasteiger charge is 2.17. The lowest BCUT2D eigenvalue weighted by Crippen LogP contribution is -2.24. The minimum atomic E-state index is -0.314. The van der Waals surface area contributed by atoms with Gasteiger partial charge in [-0.3, -0.25) is 0 Å². The highest BCUT2D eigenvalue weighted by Crippen LogP contribution is 2.29. The summed E-state index contributed by atoms with van der Waals surface area (Å²) in [6, 6.07) is 4.09. The van der Waals surface area contributed by atoms with E-state index >= 15 is 0 Å². The number of carbonyl (C=O) groups excluding carboxylic acids is 1. The van der Waals surface area contributed by atoms with Crippen LogP contribution in [0.4, 0.5) is 0 Å². The van der Waals surface area contributed by atoms with Crippen molar-refractivity contribution < 1.29 is 14.3 Å². The van der Waals surface area contributed by atoms with Crippen LogP contribution < -0.4 is 10.1 Å². The van der Waals surface area contributed by atoms with E-state index in [9.17, 15) is 4.79 Å². The molecule has 0 amide bonds. The number of fused-ring (bicyclic) bond motifs is 1. The SMILES string of the molecule is CCOC(=O)C=C1NCCc2cc(OC)c(C)cc21. The van der Waals surface area contributed by atoms with E-state index in [2.05, 4.69) is 5.32 Å². The van der Waals surface area contributed by atoms with E-state index in [1.165, 1.54) is 11.6 Å². The van der Waals surface area contributed by atoms with Crippen molar-refractivity contribution in [3.05, 3.63) is 34.9 Å². The van der Waals surface area contributed by atoms with E-state index in [1.807, 2.05) is 19.1 Å². The van der Waals surface area contributed by atoms with Crippen LogP contribution in [0.3, 0.4) is 0 Å². The molecular formula is C15H19NO3. The summed E-state index contributed by atoms with van der Waals surface area (Å²) in [6.07, 6.45) is 2.44. The molecule has 0 unspecified atom stereocenters. The lowest BCUT2D eigenvalue weighted by atomic mass is 9.95. The first kappa shape index (κ1) is 13.5. The van der Waals surface area contributed by atoms with Crippen LogP contribution >= 0.6 is 0 Å². The molecule has 1 heterocycles. The molecule has 1 aliphatic rings. The van der Waals surface area contributed by atoms with Crippen LogP contribution in [0.15, 0.2) is 18.2 Å². The van der Waals surface area contributed by atoms with E-state index < -0.39 is 0 Å². The van der Waals surface area contributed by atoms with Crippen molar-refractivity contribution in [2.45, 2.75) is 20.3 Å². The topological polar surface area (TPSA) is 47.6 Å². The van der Waals surface area contributed by atoms with Gasteiger partial charge in [0, 0.05) is 23.9 Å². The van der Waals surface area contributed by atoms with Crippen LogP contribution in [0.5, 0.6) is 5.75 Å². The predicted octanol–water partition coefficient (Wildman–Crippen LogP) is 2.05. The van der Waals surface area contributed by atoms with Crippen molar-refractivity contribution in [1.29, 1.82) is 0 Å². The molecule has 0 saturated carbocycles. The van der Waals surface area contributed by atoms with Crippen LogP contribution in [-0.4, -0.2) is 26.2 Å². The zero-order valence-corrected chi connectivity index (χ0v) is 11.6. The molecule has 1 aromatic rings. The van der Waals surface area contributed by atoms with Gasteiger partial charge >= 0.3 is 5.97 Å². The first-order valence-corrected chi connectivity index (χ1v) is 6.46. The van der Waals surface area contributed by atoms with Crippen molar-refractivity contribution in [2.75, 3.05) is 20.3 Å². The zero-order valence-electron chi connectivity index (χ0n) is 11.6. The summed E-state index contributed by atoms with van der Waals surface area (Å²) in [5.41, 5.74) is 4.12. The average Bonchev–Trinajstić information content (AvgIpc) is 2.39. The molecule has 102 valence electrons. The Kier molecular flexibility index (Phi) is 4.10. The molecule has 4 nitrogen and oxygen atoms in total. The second kappa shape index (κ2) is 5.78. The normalized spacial score (nSPS) is 15.6. The van der Waals surface area contributed by atoms with Crippen molar-refractivity contribution in [2.24, 2.45) is 0 Å². The standard InChI is InChI=1S/C15H19NO3/c1-4-19-15(17)9-13-12-7-10(2)14(18-3)8-11(12)5-6-16-13/h7-9,16H,4-6H2,1-3H3. The van der Waals surface area contributed by atoms with E-state index in [1.54, 1.807) is 14.0 Å². The number of methoxy groups -OCH3 is 1. The Morgan fingerprint density at radius 3 is 2.95 bits per heavy atom. The van der Waals surface area contributed by atoms with Crippen LogP contribution in [0.1, 0.15) is 23.6 Å². The molecule has 0 fully saturated rings. The van der Waals surface area contributed by atoms with Crippen molar-refractivity contribution >= 4 is 11.7 Å². The Hall–Kier alpha value is -1.97. The molecular weight excluding hydrogens is 242 g/mol. The van der Waals surface area contributed by atoms with E-state index in [4.69, 9.17) is 9.47 Å². The molecule has 0 bridgehead atoms. The Labute approximate surface area is 113 Å². The van der Waals surface area contributed by atoms with Gasteiger partial charge in [0.2, 0.25) is 0 Å². The van der Waals surface area contributed by atoms with Gasteiger partial charge in [-0.2, -0.15) is 0 Å². The minimum absolute atomic E-state index is 0.314. The summed E-state index contributed by atoms with van der Waals surface area (Å²) >= 11 is 0. The van der Waals surface area contributed by atoms with E-state index in [0.717, 1.165) is 35.5 Å². The number of hydrogen-bond donors (Lipinski definition) is 1. The second-order valence-corrected chi connectivity index (χ2v) is 4.47. The maximum absolute atomic E-state index is 11.6. The number of ether oxygens (including phenoxy) is 2. The van der Waals surface area contributed by atoms with Gasteiger partial charge in [0.25, 0.3) is 0 Å². The van der Waals surface area contributed by atoms with Crippen LogP contribution in [0, 0.1) is 6.92 Å². The summed E-state index contributed by atoms with van der Waals surface area (Å²) in [4.78, 5) is 11.6. The molecule has 0 aromatic heterocycles. The molecule has 0 saturated heterocycles. The summed E-state index contributed by atoms with van der Waals surface area (Å²) in [7, 11) is 1.67. The van der Waals surface area contributed by atoms with Crippen LogP contribution in [-0.2, 0) is 16.0 Å². The summed E-state index contributed by atoms with van der Waals surface area (Å²) in [6.45, 7) is 4.99. The number of benzene rings is 1. The number of esters is 1. The van der Waals surface area contributed by atoms with Gasteiger partial charge in [0.1, 0.15) is 5.75 Å². The molecule has 0 spiro atoms. The number of carbonyl (C=O) groups is 1. The monoisotopic (exact) mass is 261 g/mol. The van der Waals surface area contributed by atoms with Crippen LogP contribution in [0.2, 0.25) is 0 Å². The van der Waals surface area contributed by atoms with Gasteiger partial charge in [0.05, 0.1) is 13.7 Å². The molecule has 19 heavy (non-hydrogen) atoms. The third-order valence-corrected chi connectivity index (χ3v) is 3.17. The summed E-state index contributed by atoms with van der Waals surface area (Å²) in [5, 5.41) is 3.25. The van der Waals surface area contributed by atoms with Crippen molar-refractivity contribution in [3.8, 4) is 5.75 Å². The maximum Gasteiger partial charge on any atom is 0.332 e. The fraction of sp³-hybridized carbons (Fsp3) is 0.400. The fourth-order valence-electron chi connectivity index (χ4n) is 2.27.